The number of ether oxygens (including phenoxy) is 1. The van der Waals surface area contributed by atoms with Crippen molar-refractivity contribution in [3.05, 3.63) is 71.3 Å². The Hall–Kier alpha value is -2.66. The maximum absolute atomic E-state index is 12.9. The summed E-state index contributed by atoms with van der Waals surface area (Å²) < 4.78 is 5.77. The molecule has 0 aliphatic carbocycles. The number of carbonyl (C=O) groups excluding carboxylic acids is 1. The molecule has 0 spiro atoms. The van der Waals surface area contributed by atoms with Crippen LogP contribution in [0.1, 0.15) is 40.9 Å². The number of carboxylic acids is 1. The van der Waals surface area contributed by atoms with E-state index in [1.807, 2.05) is 42.2 Å². The molecular formula is C21H23NO4. The Labute approximate surface area is 153 Å². The molecule has 1 fully saturated rings. The normalized spacial score (nSPS) is 20.0. The Morgan fingerprint density at radius 3 is 2.46 bits per heavy atom. The molecule has 1 aliphatic rings. The molecule has 5 nitrogen and oxygen atoms in total. The van der Waals surface area contributed by atoms with Gasteiger partial charge in [-0.2, -0.15) is 0 Å². The Bertz CT molecular complexity index is 757. The van der Waals surface area contributed by atoms with E-state index in [-0.39, 0.29) is 23.6 Å². The summed E-state index contributed by atoms with van der Waals surface area (Å²) in [6.07, 6.45) is 1.00. The maximum Gasteiger partial charge on any atom is 0.335 e. The zero-order valence-electron chi connectivity index (χ0n) is 14.8. The van der Waals surface area contributed by atoms with E-state index in [0.717, 1.165) is 11.1 Å². The maximum atomic E-state index is 12.9. The van der Waals surface area contributed by atoms with Gasteiger partial charge in [0.05, 0.1) is 24.3 Å². The summed E-state index contributed by atoms with van der Waals surface area (Å²) in [7, 11) is 0. The lowest BCUT2D eigenvalue weighted by atomic mass is 10.0. The predicted molar refractivity (Wildman–Crippen MR) is 98.0 cm³/mol. The summed E-state index contributed by atoms with van der Waals surface area (Å²) in [6.45, 7) is 3.06. The topological polar surface area (TPSA) is 66.8 Å². The molecule has 0 radical (unpaired) electrons. The molecule has 2 atom stereocenters. The fourth-order valence-electron chi connectivity index (χ4n) is 3.24. The number of amides is 1. The van der Waals surface area contributed by atoms with E-state index in [0.29, 0.717) is 26.0 Å². The predicted octanol–water partition coefficient (Wildman–Crippen LogP) is 3.31. The molecule has 0 saturated carbocycles. The van der Waals surface area contributed by atoms with Crippen LogP contribution in [0.3, 0.4) is 0 Å². The van der Waals surface area contributed by atoms with Crippen LogP contribution in [0.5, 0.6) is 0 Å². The number of nitrogens with zero attached hydrogens (tertiary/aromatic N) is 1. The largest absolute Gasteiger partial charge is 0.478 e. The first-order valence-corrected chi connectivity index (χ1v) is 8.83. The van der Waals surface area contributed by atoms with E-state index in [1.165, 1.54) is 0 Å². The van der Waals surface area contributed by atoms with Gasteiger partial charge in [0.25, 0.3) is 0 Å². The minimum absolute atomic E-state index is 0.0220. The third kappa shape index (κ3) is 4.29. The fourth-order valence-corrected chi connectivity index (χ4v) is 3.24. The van der Waals surface area contributed by atoms with E-state index in [9.17, 15) is 9.59 Å². The van der Waals surface area contributed by atoms with Crippen molar-refractivity contribution in [3.8, 4) is 0 Å². The molecule has 26 heavy (non-hydrogen) atoms. The fraction of sp³-hybridized carbons (Fsp3) is 0.333. The van der Waals surface area contributed by atoms with Crippen LogP contribution in [0, 0.1) is 0 Å². The van der Waals surface area contributed by atoms with Crippen LogP contribution in [-0.4, -0.2) is 41.1 Å². The van der Waals surface area contributed by atoms with Gasteiger partial charge in [0.15, 0.2) is 0 Å². The second kappa shape index (κ2) is 8.15. The molecular weight excluding hydrogens is 330 g/mol. The van der Waals surface area contributed by atoms with Crippen LogP contribution in [0.15, 0.2) is 54.6 Å². The number of carboxylic acid groups (broad SMARTS) is 1. The molecule has 0 aromatic heterocycles. The van der Waals surface area contributed by atoms with Gasteiger partial charge in [-0.25, -0.2) is 4.79 Å². The van der Waals surface area contributed by atoms with Gasteiger partial charge in [-0.3, -0.25) is 4.79 Å². The minimum Gasteiger partial charge on any atom is -0.478 e. The molecule has 1 aliphatic heterocycles. The molecule has 1 N–H and O–H groups in total. The van der Waals surface area contributed by atoms with Crippen molar-refractivity contribution in [2.45, 2.75) is 31.9 Å². The first-order valence-electron chi connectivity index (χ1n) is 8.83. The van der Waals surface area contributed by atoms with Gasteiger partial charge in [0, 0.05) is 13.0 Å². The summed E-state index contributed by atoms with van der Waals surface area (Å²) in [5, 5.41) is 8.95. The van der Waals surface area contributed by atoms with Crippen molar-refractivity contribution in [2.75, 3.05) is 13.2 Å². The van der Waals surface area contributed by atoms with Crippen molar-refractivity contribution in [3.63, 3.8) is 0 Å². The van der Waals surface area contributed by atoms with Gasteiger partial charge in [0.2, 0.25) is 5.91 Å². The smallest absolute Gasteiger partial charge is 0.335 e. The summed E-state index contributed by atoms with van der Waals surface area (Å²) in [5.74, 6) is -0.850. The van der Waals surface area contributed by atoms with Crippen LogP contribution in [-0.2, 0) is 16.0 Å². The average Bonchev–Trinajstić information content (AvgIpc) is 2.67. The first-order chi connectivity index (χ1) is 12.5. The number of benzene rings is 2. The van der Waals surface area contributed by atoms with Crippen molar-refractivity contribution in [1.29, 1.82) is 0 Å². The van der Waals surface area contributed by atoms with Gasteiger partial charge in [-0.05, 0) is 36.6 Å². The van der Waals surface area contributed by atoms with Crippen LogP contribution >= 0.6 is 0 Å². The quantitative estimate of drug-likeness (QED) is 0.896. The van der Waals surface area contributed by atoms with Crippen LogP contribution < -0.4 is 0 Å². The zero-order valence-corrected chi connectivity index (χ0v) is 14.8. The minimum atomic E-state index is -0.944. The van der Waals surface area contributed by atoms with Crippen molar-refractivity contribution >= 4 is 11.9 Å². The van der Waals surface area contributed by atoms with Gasteiger partial charge < -0.3 is 14.7 Å². The highest BCUT2D eigenvalue weighted by atomic mass is 16.5. The van der Waals surface area contributed by atoms with Crippen LogP contribution in [0.4, 0.5) is 0 Å². The monoisotopic (exact) mass is 353 g/mol. The zero-order chi connectivity index (χ0) is 18.5. The average molecular weight is 353 g/mol. The number of morpholine rings is 1. The van der Waals surface area contributed by atoms with Crippen molar-refractivity contribution < 1.29 is 19.4 Å². The van der Waals surface area contributed by atoms with Crippen LogP contribution in [0.25, 0.3) is 0 Å². The summed E-state index contributed by atoms with van der Waals surface area (Å²) in [4.78, 5) is 25.7. The second-order valence-corrected chi connectivity index (χ2v) is 6.62. The molecule has 2 aromatic carbocycles. The van der Waals surface area contributed by atoms with E-state index >= 15 is 0 Å². The van der Waals surface area contributed by atoms with Crippen LogP contribution in [0.2, 0.25) is 0 Å². The first kappa shape index (κ1) is 18.1. The van der Waals surface area contributed by atoms with E-state index in [2.05, 4.69) is 0 Å². The summed E-state index contributed by atoms with van der Waals surface area (Å²) in [5.41, 5.74) is 2.30. The van der Waals surface area contributed by atoms with Crippen molar-refractivity contribution in [2.24, 2.45) is 0 Å². The molecule has 5 heteroatoms. The summed E-state index contributed by atoms with van der Waals surface area (Å²) >= 11 is 0. The second-order valence-electron chi connectivity index (χ2n) is 6.62. The number of aromatic carboxylic acids is 1. The van der Waals surface area contributed by atoms with Gasteiger partial charge in [-0.1, -0.05) is 42.5 Å². The number of carbonyl (C=O) groups is 2. The molecule has 1 heterocycles. The highest BCUT2D eigenvalue weighted by Crippen LogP contribution is 2.27. The standard InChI is InChI=1S/C21H23NO4/c1-15-13-22(19(14-26-15)17-5-3-2-4-6-17)20(23)12-9-16-7-10-18(11-8-16)21(24)25/h2-8,10-11,15,19H,9,12-14H2,1H3,(H,24,25). The number of hydrogen-bond donors (Lipinski definition) is 1. The molecule has 2 unspecified atom stereocenters. The summed E-state index contributed by atoms with van der Waals surface area (Å²) in [6, 6.07) is 16.6. The Balaban J connectivity index is 1.67. The SMILES string of the molecule is CC1CN(C(=O)CCc2ccc(C(=O)O)cc2)C(c2ccccc2)CO1. The van der Waals surface area contributed by atoms with E-state index in [4.69, 9.17) is 9.84 Å². The number of rotatable bonds is 5. The van der Waals surface area contributed by atoms with E-state index < -0.39 is 5.97 Å². The highest BCUT2D eigenvalue weighted by Gasteiger charge is 2.31. The number of hydrogen-bond acceptors (Lipinski definition) is 3. The molecule has 1 amide bonds. The Morgan fingerprint density at radius 1 is 1.12 bits per heavy atom. The highest BCUT2D eigenvalue weighted by molar-refractivity contribution is 5.87. The van der Waals surface area contributed by atoms with Gasteiger partial charge in [0.1, 0.15) is 0 Å². The lowest BCUT2D eigenvalue weighted by molar-refractivity contribution is -0.144. The van der Waals surface area contributed by atoms with Gasteiger partial charge in [-0.15, -0.1) is 0 Å². The Morgan fingerprint density at radius 2 is 1.81 bits per heavy atom. The third-order valence-corrected chi connectivity index (χ3v) is 4.70. The Kier molecular flexibility index (Phi) is 5.68. The lowest BCUT2D eigenvalue weighted by Crippen LogP contribution is -2.46. The molecule has 0 bridgehead atoms. The van der Waals surface area contributed by atoms with Crippen molar-refractivity contribution in [1.82, 2.24) is 4.90 Å². The molecule has 3 rings (SSSR count). The lowest BCUT2D eigenvalue weighted by Gasteiger charge is -2.39. The molecule has 1 saturated heterocycles. The van der Waals surface area contributed by atoms with E-state index in [1.54, 1.807) is 24.3 Å². The molecule has 136 valence electrons. The van der Waals surface area contributed by atoms with Gasteiger partial charge >= 0.3 is 5.97 Å². The number of aryl methyl sites for hydroxylation is 1. The third-order valence-electron chi connectivity index (χ3n) is 4.70. The molecule has 2 aromatic rings.